The van der Waals surface area contributed by atoms with Crippen LogP contribution in [0.5, 0.6) is 0 Å². The van der Waals surface area contributed by atoms with Crippen LogP contribution in [0.4, 0.5) is 11.6 Å². The smallest absolute Gasteiger partial charge is 0.545 e. The molecule has 278 valence electrons. The van der Waals surface area contributed by atoms with Gasteiger partial charge in [0.15, 0.2) is 23.6 Å². The van der Waals surface area contributed by atoms with E-state index < -0.39 is 11.9 Å². The number of hydrogen-bond donors (Lipinski definition) is 5. The van der Waals surface area contributed by atoms with Crippen molar-refractivity contribution in [3.63, 3.8) is 0 Å². The second-order valence-corrected chi connectivity index (χ2v) is 12.5. The largest absolute Gasteiger partial charge is 1.00 e. The molecule has 57 heavy (non-hydrogen) atoms. The topological polar surface area (TPSA) is 256 Å². The standard InChI is InChI=1S/C17H12ClN5.C17H13ClN4O2.C7H6O2.Li/c18-15-9-22-16(23-17(20)21)14-7-12(4-5-13(14)15)11-3-1-2-10(6-11)8-19;18-14-8-21-15(22-17(19)20)13-7-10(4-5-12(13)14)9-2-1-3-11(6-9)16(23)24;8-7(9)6-4-2-1-3-5-6;/h1-7,9H,(H4,20,21,22,23);1-8H,(H,23,24)(H4,19,20,21,22);1-5H,(H,8,9);/q;;;+1/p-1. The van der Waals surface area contributed by atoms with Crippen LogP contribution in [0.2, 0.25) is 10.0 Å². The van der Waals surface area contributed by atoms with Gasteiger partial charge in [-0.15, -0.1) is 0 Å². The van der Waals surface area contributed by atoms with Gasteiger partial charge in [0.05, 0.1) is 33.2 Å². The van der Waals surface area contributed by atoms with Gasteiger partial charge in [-0.05, 0) is 70.3 Å². The molecule has 0 bridgehead atoms. The van der Waals surface area contributed by atoms with Crippen molar-refractivity contribution < 1.29 is 38.7 Å². The molecule has 7 rings (SSSR count). The molecule has 2 heterocycles. The molecule has 0 spiro atoms. The number of carboxylic acid groups (broad SMARTS) is 2. The number of nitrogens with two attached hydrogens (primary N) is 4. The van der Waals surface area contributed by atoms with Gasteiger partial charge < -0.3 is 37.9 Å². The van der Waals surface area contributed by atoms with Gasteiger partial charge in [0, 0.05) is 33.9 Å². The molecule has 0 saturated heterocycles. The first kappa shape index (κ1) is 42.8. The molecule has 0 radical (unpaired) electrons. The summed E-state index contributed by atoms with van der Waals surface area (Å²) in [5.74, 6) is -1.55. The Morgan fingerprint density at radius 2 is 1.07 bits per heavy atom. The number of aromatic carboxylic acids is 2. The Bertz CT molecular complexity index is 2700. The summed E-state index contributed by atoms with van der Waals surface area (Å²) >= 11 is 12.4. The van der Waals surface area contributed by atoms with Crippen LogP contribution >= 0.6 is 23.2 Å². The Morgan fingerprint density at radius 3 is 1.51 bits per heavy atom. The van der Waals surface area contributed by atoms with E-state index in [0.29, 0.717) is 43.8 Å². The SMILES string of the molecule is N#Cc1cccc(-c2ccc3c(Cl)cnc(N=C(N)N)c3c2)c1.NC(N)=Nc1ncc(Cl)c2ccc(-c3cccc(C(=O)[O-])c3)cc12.O=C(O)c1ccccc1.[Li+]. The van der Waals surface area contributed by atoms with Crippen molar-refractivity contribution in [1.82, 2.24) is 9.97 Å². The first-order valence-electron chi connectivity index (χ1n) is 16.3. The number of carbonyl (C=O) groups excluding carboxylic acids is 1. The number of nitriles is 1. The van der Waals surface area contributed by atoms with Crippen LogP contribution in [0.15, 0.2) is 138 Å². The van der Waals surface area contributed by atoms with Crippen molar-refractivity contribution >= 4 is 80.2 Å². The number of nitrogens with zero attached hydrogens (tertiary/aromatic N) is 5. The molecule has 0 aliphatic carbocycles. The quantitative estimate of drug-likeness (QED) is 0.0925. The average molecular weight is 791 g/mol. The van der Waals surface area contributed by atoms with Crippen LogP contribution in [0.3, 0.4) is 0 Å². The normalized spacial score (nSPS) is 9.98. The molecule has 5 aromatic carbocycles. The van der Waals surface area contributed by atoms with Crippen LogP contribution in [0.1, 0.15) is 26.3 Å². The molecule has 0 fully saturated rings. The molecule has 0 aliphatic heterocycles. The Kier molecular flexibility index (Phi) is 14.7. The molecule has 0 aliphatic rings. The van der Waals surface area contributed by atoms with E-state index in [4.69, 9.17) is 56.5 Å². The van der Waals surface area contributed by atoms with Gasteiger partial charge in [-0.25, -0.2) is 14.8 Å². The third-order valence-electron chi connectivity index (χ3n) is 7.88. The third-order valence-corrected chi connectivity index (χ3v) is 8.49. The van der Waals surface area contributed by atoms with E-state index in [1.54, 1.807) is 48.5 Å². The van der Waals surface area contributed by atoms with E-state index in [0.717, 1.165) is 32.8 Å². The van der Waals surface area contributed by atoms with Crippen LogP contribution in [0.25, 0.3) is 43.8 Å². The van der Waals surface area contributed by atoms with Crippen LogP contribution < -0.4 is 46.9 Å². The van der Waals surface area contributed by atoms with Crippen molar-refractivity contribution in [2.24, 2.45) is 32.9 Å². The molecule has 9 N–H and O–H groups in total. The minimum atomic E-state index is -1.23. The Hall–Kier alpha value is -6.93. The van der Waals surface area contributed by atoms with E-state index in [9.17, 15) is 14.7 Å². The molecule has 13 nitrogen and oxygen atoms in total. The fourth-order valence-electron chi connectivity index (χ4n) is 5.35. The predicted molar refractivity (Wildman–Crippen MR) is 218 cm³/mol. The van der Waals surface area contributed by atoms with Crippen LogP contribution in [0, 0.1) is 11.3 Å². The van der Waals surface area contributed by atoms with Gasteiger partial charge in [-0.2, -0.15) is 15.2 Å². The summed E-state index contributed by atoms with van der Waals surface area (Å²) in [6, 6.07) is 35.4. The molecule has 2 aromatic heterocycles. The summed E-state index contributed by atoms with van der Waals surface area (Å²) in [5.41, 5.74) is 26.2. The second-order valence-electron chi connectivity index (χ2n) is 11.7. The Labute approximate surface area is 348 Å². The van der Waals surface area contributed by atoms with Crippen LogP contribution in [-0.2, 0) is 0 Å². The number of carboxylic acids is 2. The van der Waals surface area contributed by atoms with Crippen molar-refractivity contribution in [2.75, 3.05) is 0 Å². The number of hydrogen-bond acceptors (Lipinski definition) is 8. The fraction of sp³-hybridized carbons (Fsp3) is 0. The molecule has 7 aromatic rings. The van der Waals surface area contributed by atoms with Crippen molar-refractivity contribution in [3.05, 3.63) is 154 Å². The Balaban J connectivity index is 0.000000205. The number of carbonyl (C=O) groups is 2. The monoisotopic (exact) mass is 789 g/mol. The second kappa shape index (κ2) is 19.6. The Morgan fingerprint density at radius 1 is 0.614 bits per heavy atom. The molecular weight excluding hydrogens is 760 g/mol. The summed E-state index contributed by atoms with van der Waals surface area (Å²) in [7, 11) is 0. The van der Waals surface area contributed by atoms with Crippen molar-refractivity contribution in [1.29, 1.82) is 5.26 Å². The van der Waals surface area contributed by atoms with E-state index in [1.165, 1.54) is 24.5 Å². The minimum absolute atomic E-state index is 0. The molecule has 0 atom stereocenters. The summed E-state index contributed by atoms with van der Waals surface area (Å²) < 4.78 is 0. The predicted octanol–water partition coefficient (Wildman–Crippen LogP) is 3.54. The molecule has 0 unspecified atom stereocenters. The van der Waals surface area contributed by atoms with E-state index in [1.807, 2.05) is 54.6 Å². The van der Waals surface area contributed by atoms with E-state index in [-0.39, 0.29) is 36.3 Å². The van der Waals surface area contributed by atoms with Gasteiger partial charge in [0.2, 0.25) is 0 Å². The number of aliphatic imine (C=N–C) groups is 2. The molecule has 16 heteroatoms. The fourth-order valence-corrected chi connectivity index (χ4v) is 5.77. The molecular formula is C41H30Cl2LiN9O4. The zero-order valence-electron chi connectivity index (χ0n) is 30.1. The van der Waals surface area contributed by atoms with Gasteiger partial charge in [0.1, 0.15) is 0 Å². The minimum Gasteiger partial charge on any atom is -0.545 e. The first-order valence-corrected chi connectivity index (χ1v) is 17.1. The van der Waals surface area contributed by atoms with Crippen molar-refractivity contribution in [3.8, 4) is 28.3 Å². The summed E-state index contributed by atoms with van der Waals surface area (Å²) in [5, 5.41) is 32.4. The summed E-state index contributed by atoms with van der Waals surface area (Å²) in [6.07, 6.45) is 2.99. The van der Waals surface area contributed by atoms with Gasteiger partial charge in [-0.3, -0.25) is 0 Å². The summed E-state index contributed by atoms with van der Waals surface area (Å²) in [6.45, 7) is 0. The number of benzene rings is 5. The number of aromatic nitrogens is 2. The van der Waals surface area contributed by atoms with Crippen LogP contribution in [-0.4, -0.2) is 38.9 Å². The number of rotatable bonds is 6. The zero-order chi connectivity index (χ0) is 40.4. The van der Waals surface area contributed by atoms with E-state index >= 15 is 0 Å². The molecule has 0 saturated carbocycles. The maximum atomic E-state index is 11.0. The number of guanidine groups is 2. The first-order chi connectivity index (χ1) is 26.8. The number of pyridine rings is 2. The molecule has 0 amide bonds. The maximum absolute atomic E-state index is 11.0. The number of halogens is 2. The van der Waals surface area contributed by atoms with Crippen molar-refractivity contribution in [2.45, 2.75) is 0 Å². The van der Waals surface area contributed by atoms with Gasteiger partial charge >= 0.3 is 24.8 Å². The average Bonchev–Trinajstić information content (AvgIpc) is 3.20. The van der Waals surface area contributed by atoms with Gasteiger partial charge in [-0.1, -0.05) is 96.0 Å². The zero-order valence-corrected chi connectivity index (χ0v) is 31.6. The van der Waals surface area contributed by atoms with E-state index in [2.05, 4.69) is 26.0 Å². The third kappa shape index (κ3) is 11.1. The number of fused-ring (bicyclic) bond motifs is 2. The maximum Gasteiger partial charge on any atom is 1.00 e. The summed E-state index contributed by atoms with van der Waals surface area (Å²) in [4.78, 5) is 37.6. The van der Waals surface area contributed by atoms with Gasteiger partial charge in [0.25, 0.3) is 0 Å².